The standard InChI is InChI=1S/C16H26N2O4/c1-10(2)12-8-15(21)18(16(12)22)7-5-6-17-14(20)9-13(19)11(3)4/h10-12H,5-9H2,1-4H3,(H,17,20). The van der Waals surface area contributed by atoms with E-state index >= 15 is 0 Å². The van der Waals surface area contributed by atoms with E-state index in [1.54, 1.807) is 13.8 Å². The maximum Gasteiger partial charge on any atom is 0.233 e. The van der Waals surface area contributed by atoms with E-state index in [4.69, 9.17) is 0 Å². The Morgan fingerprint density at radius 1 is 1.23 bits per heavy atom. The molecule has 0 spiro atoms. The molecule has 6 heteroatoms. The van der Waals surface area contributed by atoms with Gasteiger partial charge in [0.2, 0.25) is 17.7 Å². The van der Waals surface area contributed by atoms with Crippen LogP contribution in [0.5, 0.6) is 0 Å². The Bertz CT molecular complexity index is 457. The van der Waals surface area contributed by atoms with Crippen LogP contribution in [0.4, 0.5) is 0 Å². The van der Waals surface area contributed by atoms with E-state index in [1.165, 1.54) is 4.90 Å². The normalized spacial score (nSPS) is 18.5. The maximum atomic E-state index is 12.1. The molecule has 1 unspecified atom stereocenters. The molecule has 1 fully saturated rings. The summed E-state index contributed by atoms with van der Waals surface area (Å²) in [4.78, 5) is 48.2. The predicted molar refractivity (Wildman–Crippen MR) is 81.8 cm³/mol. The van der Waals surface area contributed by atoms with Crippen molar-refractivity contribution in [1.29, 1.82) is 0 Å². The molecule has 0 aliphatic carbocycles. The molecule has 1 rings (SSSR count). The molecule has 1 saturated heterocycles. The van der Waals surface area contributed by atoms with Crippen LogP contribution in [0.25, 0.3) is 0 Å². The van der Waals surface area contributed by atoms with Crippen LogP contribution in [0, 0.1) is 17.8 Å². The Morgan fingerprint density at radius 3 is 2.36 bits per heavy atom. The lowest BCUT2D eigenvalue weighted by atomic mass is 9.94. The van der Waals surface area contributed by atoms with Gasteiger partial charge in [-0.25, -0.2) is 0 Å². The second-order valence-electron chi connectivity index (χ2n) is 6.44. The maximum absolute atomic E-state index is 12.1. The first-order chi connectivity index (χ1) is 10.2. The average Bonchev–Trinajstić information content (AvgIpc) is 2.70. The highest BCUT2D eigenvalue weighted by molar-refractivity contribution is 6.03. The highest BCUT2D eigenvalue weighted by Gasteiger charge is 2.39. The lowest BCUT2D eigenvalue weighted by Crippen LogP contribution is -2.35. The molecule has 0 bridgehead atoms. The lowest BCUT2D eigenvalue weighted by molar-refractivity contribution is -0.139. The van der Waals surface area contributed by atoms with Gasteiger partial charge in [0.25, 0.3) is 0 Å². The number of hydrogen-bond donors (Lipinski definition) is 1. The molecule has 22 heavy (non-hydrogen) atoms. The fourth-order valence-corrected chi connectivity index (χ4v) is 2.35. The third-order valence-electron chi connectivity index (χ3n) is 3.94. The molecule has 1 aliphatic rings. The molecular formula is C16H26N2O4. The topological polar surface area (TPSA) is 83.6 Å². The number of imide groups is 1. The number of carbonyl (C=O) groups is 4. The van der Waals surface area contributed by atoms with Gasteiger partial charge in [-0.05, 0) is 12.3 Å². The highest BCUT2D eigenvalue weighted by Crippen LogP contribution is 2.26. The summed E-state index contributed by atoms with van der Waals surface area (Å²) >= 11 is 0. The van der Waals surface area contributed by atoms with Gasteiger partial charge in [-0.15, -0.1) is 0 Å². The zero-order valence-electron chi connectivity index (χ0n) is 13.8. The molecule has 3 amide bonds. The number of nitrogens with one attached hydrogen (secondary N) is 1. The quantitative estimate of drug-likeness (QED) is 0.414. The van der Waals surface area contributed by atoms with Crippen LogP contribution in [0.1, 0.15) is 47.0 Å². The van der Waals surface area contributed by atoms with E-state index in [9.17, 15) is 19.2 Å². The largest absolute Gasteiger partial charge is 0.356 e. The summed E-state index contributed by atoms with van der Waals surface area (Å²) in [6, 6.07) is 0. The number of hydrogen-bond acceptors (Lipinski definition) is 4. The summed E-state index contributed by atoms with van der Waals surface area (Å²) < 4.78 is 0. The van der Waals surface area contributed by atoms with Crippen molar-refractivity contribution in [3.05, 3.63) is 0 Å². The van der Waals surface area contributed by atoms with Crippen molar-refractivity contribution in [1.82, 2.24) is 10.2 Å². The number of nitrogens with zero attached hydrogens (tertiary/aromatic N) is 1. The Balaban J connectivity index is 2.30. The van der Waals surface area contributed by atoms with Crippen LogP contribution < -0.4 is 5.32 Å². The summed E-state index contributed by atoms with van der Waals surface area (Å²) in [5, 5.41) is 2.65. The van der Waals surface area contributed by atoms with E-state index in [1.807, 2.05) is 13.8 Å². The number of ketones is 1. The number of likely N-dealkylation sites (tertiary alicyclic amines) is 1. The second-order valence-corrected chi connectivity index (χ2v) is 6.44. The van der Waals surface area contributed by atoms with Crippen molar-refractivity contribution >= 4 is 23.5 Å². The van der Waals surface area contributed by atoms with Crippen molar-refractivity contribution in [2.75, 3.05) is 13.1 Å². The van der Waals surface area contributed by atoms with E-state index in [0.717, 1.165) is 0 Å². The van der Waals surface area contributed by atoms with Gasteiger partial charge in [0.05, 0.1) is 6.42 Å². The molecule has 0 saturated carbocycles. The molecule has 6 nitrogen and oxygen atoms in total. The summed E-state index contributed by atoms with van der Waals surface area (Å²) in [6.07, 6.45) is 0.671. The van der Waals surface area contributed by atoms with Crippen LogP contribution in [0.3, 0.4) is 0 Å². The van der Waals surface area contributed by atoms with Gasteiger partial charge in [-0.3, -0.25) is 24.1 Å². The van der Waals surface area contributed by atoms with Crippen molar-refractivity contribution in [3.63, 3.8) is 0 Å². The molecule has 1 aliphatic heterocycles. The van der Waals surface area contributed by atoms with E-state index in [2.05, 4.69) is 5.32 Å². The van der Waals surface area contributed by atoms with Crippen LogP contribution in [-0.2, 0) is 19.2 Å². The molecule has 0 aromatic carbocycles. The third kappa shape index (κ3) is 4.93. The van der Waals surface area contributed by atoms with Crippen molar-refractivity contribution < 1.29 is 19.2 Å². The highest BCUT2D eigenvalue weighted by atomic mass is 16.2. The van der Waals surface area contributed by atoms with Crippen molar-refractivity contribution in [3.8, 4) is 0 Å². The SMILES string of the molecule is CC(C)C(=O)CC(=O)NCCCN1C(=O)CC(C(C)C)C1=O. The minimum Gasteiger partial charge on any atom is -0.356 e. The number of rotatable bonds is 8. The first-order valence-corrected chi connectivity index (χ1v) is 7.87. The van der Waals surface area contributed by atoms with Crippen LogP contribution in [0.15, 0.2) is 0 Å². The Labute approximate surface area is 131 Å². The predicted octanol–water partition coefficient (Wildman–Crippen LogP) is 1.14. The minimum atomic E-state index is -0.308. The minimum absolute atomic E-state index is 0.0952. The first kappa shape index (κ1) is 18.3. The summed E-state index contributed by atoms with van der Waals surface area (Å²) in [7, 11) is 0. The van der Waals surface area contributed by atoms with Gasteiger partial charge in [0.1, 0.15) is 5.78 Å². The van der Waals surface area contributed by atoms with Gasteiger partial charge >= 0.3 is 0 Å². The zero-order chi connectivity index (χ0) is 16.9. The first-order valence-electron chi connectivity index (χ1n) is 7.87. The van der Waals surface area contributed by atoms with E-state index in [-0.39, 0.29) is 54.1 Å². The molecule has 1 N–H and O–H groups in total. The molecule has 1 heterocycles. The smallest absolute Gasteiger partial charge is 0.233 e. The summed E-state index contributed by atoms with van der Waals surface area (Å²) in [5.74, 6) is -0.862. The van der Waals surface area contributed by atoms with E-state index < -0.39 is 0 Å². The number of amides is 3. The third-order valence-corrected chi connectivity index (χ3v) is 3.94. The number of Topliss-reactive ketones (excluding diaryl/α,β-unsaturated/α-hetero) is 1. The fourth-order valence-electron chi connectivity index (χ4n) is 2.35. The number of carbonyl (C=O) groups excluding carboxylic acids is 4. The van der Waals surface area contributed by atoms with Crippen molar-refractivity contribution in [2.45, 2.75) is 47.0 Å². The van der Waals surface area contributed by atoms with Gasteiger partial charge < -0.3 is 5.32 Å². The summed E-state index contributed by atoms with van der Waals surface area (Å²) in [5.41, 5.74) is 0. The van der Waals surface area contributed by atoms with Gasteiger partial charge in [0, 0.05) is 31.3 Å². The molecule has 0 aromatic heterocycles. The average molecular weight is 310 g/mol. The van der Waals surface area contributed by atoms with Gasteiger partial charge in [0.15, 0.2) is 0 Å². The molecule has 124 valence electrons. The molecule has 0 radical (unpaired) electrons. The zero-order valence-corrected chi connectivity index (χ0v) is 13.8. The molecule has 0 aromatic rings. The lowest BCUT2D eigenvalue weighted by Gasteiger charge is -2.16. The Morgan fingerprint density at radius 2 is 1.86 bits per heavy atom. The Hall–Kier alpha value is -1.72. The van der Waals surface area contributed by atoms with Crippen LogP contribution >= 0.6 is 0 Å². The van der Waals surface area contributed by atoms with Gasteiger partial charge in [-0.2, -0.15) is 0 Å². The van der Waals surface area contributed by atoms with E-state index in [0.29, 0.717) is 19.5 Å². The summed E-state index contributed by atoms with van der Waals surface area (Å²) in [6.45, 7) is 8.06. The molecular weight excluding hydrogens is 284 g/mol. The van der Waals surface area contributed by atoms with Crippen LogP contribution in [-0.4, -0.2) is 41.5 Å². The fraction of sp³-hybridized carbons (Fsp3) is 0.750. The monoisotopic (exact) mass is 310 g/mol. The van der Waals surface area contributed by atoms with Crippen LogP contribution in [0.2, 0.25) is 0 Å². The molecule has 1 atom stereocenters. The van der Waals surface area contributed by atoms with Gasteiger partial charge in [-0.1, -0.05) is 27.7 Å². The Kier molecular flexibility index (Phi) is 6.71. The second kappa shape index (κ2) is 8.06. The van der Waals surface area contributed by atoms with Crippen molar-refractivity contribution in [2.24, 2.45) is 17.8 Å².